The van der Waals surface area contributed by atoms with E-state index in [0.29, 0.717) is 17.9 Å². The van der Waals surface area contributed by atoms with Crippen LogP contribution in [0.25, 0.3) is 0 Å². The highest BCUT2D eigenvalue weighted by Crippen LogP contribution is 2.32. The van der Waals surface area contributed by atoms with Crippen molar-refractivity contribution >= 4 is 29.1 Å². The molecule has 3 aromatic rings. The van der Waals surface area contributed by atoms with E-state index in [2.05, 4.69) is 20.6 Å². The van der Waals surface area contributed by atoms with Crippen LogP contribution in [0.1, 0.15) is 19.4 Å². The molecule has 0 amide bonds. The molecule has 7 nitrogen and oxygen atoms in total. The van der Waals surface area contributed by atoms with Gasteiger partial charge in [-0.3, -0.25) is 0 Å². The fourth-order valence-electron chi connectivity index (χ4n) is 2.89. The molecule has 1 aromatic heterocycles. The third-order valence-corrected chi connectivity index (χ3v) is 4.24. The molecular weight excluding hydrogens is 387 g/mol. The molecular formula is C22H23FN4O3. The number of hydrogen-bond acceptors (Lipinski definition) is 7. The Hall–Kier alpha value is -3.68. The number of aromatic nitrogens is 2. The van der Waals surface area contributed by atoms with E-state index in [9.17, 15) is 9.18 Å². The van der Waals surface area contributed by atoms with Gasteiger partial charge in [-0.25, -0.2) is 14.2 Å². The highest BCUT2D eigenvalue weighted by atomic mass is 19.1. The van der Waals surface area contributed by atoms with E-state index in [0.717, 1.165) is 17.4 Å². The van der Waals surface area contributed by atoms with Gasteiger partial charge in [-0.1, -0.05) is 32.0 Å². The second-order valence-corrected chi connectivity index (χ2v) is 6.16. The monoisotopic (exact) mass is 410 g/mol. The van der Waals surface area contributed by atoms with E-state index in [4.69, 9.17) is 9.47 Å². The lowest BCUT2D eigenvalue weighted by atomic mass is 10.1. The van der Waals surface area contributed by atoms with Crippen LogP contribution >= 0.6 is 0 Å². The zero-order valence-electron chi connectivity index (χ0n) is 17.0. The standard InChI is InChI=1S/C20H17FN4O3.C2H6/c1-27-19(26)17-10-12-9-14(7-8-16(12)28-17)24-20-22-11-15(21)18(25-20)23-13-5-3-2-4-6-13;1-2/h2-9,11,17H,10H2,1H3,(H2,22,23,24,25);1-2H3. The predicted molar refractivity (Wildman–Crippen MR) is 113 cm³/mol. The van der Waals surface area contributed by atoms with Crippen molar-refractivity contribution in [2.75, 3.05) is 17.7 Å². The molecule has 156 valence electrons. The first-order valence-electron chi connectivity index (χ1n) is 9.61. The third kappa shape index (κ3) is 4.83. The van der Waals surface area contributed by atoms with Crippen LogP contribution in [0.5, 0.6) is 5.75 Å². The Kier molecular flexibility index (Phi) is 6.79. The summed E-state index contributed by atoms with van der Waals surface area (Å²) < 4.78 is 24.3. The quantitative estimate of drug-likeness (QED) is 0.594. The molecule has 0 aliphatic carbocycles. The molecule has 2 aromatic carbocycles. The number of nitrogens with zero attached hydrogens (tertiary/aromatic N) is 2. The van der Waals surface area contributed by atoms with E-state index in [1.54, 1.807) is 12.1 Å². The number of carbonyl (C=O) groups excluding carboxylic acids is 1. The Bertz CT molecular complexity index is 1010. The minimum absolute atomic E-state index is 0.0685. The van der Waals surface area contributed by atoms with Gasteiger partial charge in [0.25, 0.3) is 0 Å². The first-order valence-corrected chi connectivity index (χ1v) is 9.61. The molecule has 0 saturated carbocycles. The molecule has 4 rings (SSSR count). The molecule has 8 heteroatoms. The molecule has 1 aliphatic rings. The van der Waals surface area contributed by atoms with Crippen molar-refractivity contribution in [2.45, 2.75) is 26.4 Å². The largest absolute Gasteiger partial charge is 0.478 e. The number of methoxy groups -OCH3 is 1. The maximum absolute atomic E-state index is 14.1. The van der Waals surface area contributed by atoms with Crippen LogP contribution < -0.4 is 15.4 Å². The predicted octanol–water partition coefficient (Wildman–Crippen LogP) is 4.61. The van der Waals surface area contributed by atoms with Crippen LogP contribution in [0, 0.1) is 5.82 Å². The Morgan fingerprint density at radius 1 is 1.13 bits per heavy atom. The van der Waals surface area contributed by atoms with Gasteiger partial charge in [0.2, 0.25) is 5.95 Å². The van der Waals surface area contributed by atoms with Gasteiger partial charge in [0.15, 0.2) is 17.7 Å². The fraction of sp³-hybridized carbons (Fsp3) is 0.227. The molecule has 0 spiro atoms. The molecule has 0 bridgehead atoms. The number of halogens is 1. The van der Waals surface area contributed by atoms with Crippen molar-refractivity contribution < 1.29 is 18.7 Å². The lowest BCUT2D eigenvalue weighted by Gasteiger charge is -2.10. The van der Waals surface area contributed by atoms with E-state index < -0.39 is 17.9 Å². The van der Waals surface area contributed by atoms with Crippen molar-refractivity contribution in [3.05, 3.63) is 66.1 Å². The highest BCUT2D eigenvalue weighted by molar-refractivity contribution is 5.77. The number of anilines is 4. The Balaban J connectivity index is 0.00000124. The van der Waals surface area contributed by atoms with E-state index in [1.807, 2.05) is 50.2 Å². The van der Waals surface area contributed by atoms with Crippen LogP contribution in [0.15, 0.2) is 54.7 Å². The molecule has 1 atom stereocenters. The number of hydrogen-bond donors (Lipinski definition) is 2. The second kappa shape index (κ2) is 9.69. The second-order valence-electron chi connectivity index (χ2n) is 6.16. The van der Waals surface area contributed by atoms with Gasteiger partial charge in [-0.2, -0.15) is 4.98 Å². The summed E-state index contributed by atoms with van der Waals surface area (Å²) >= 11 is 0. The van der Waals surface area contributed by atoms with Gasteiger partial charge in [-0.15, -0.1) is 0 Å². The molecule has 0 radical (unpaired) electrons. The summed E-state index contributed by atoms with van der Waals surface area (Å²) in [5.41, 5.74) is 2.28. The number of esters is 1. The molecule has 2 heterocycles. The molecule has 2 N–H and O–H groups in total. The van der Waals surface area contributed by atoms with E-state index >= 15 is 0 Å². The van der Waals surface area contributed by atoms with Crippen molar-refractivity contribution in [1.29, 1.82) is 0 Å². The van der Waals surface area contributed by atoms with Crippen molar-refractivity contribution in [1.82, 2.24) is 9.97 Å². The van der Waals surface area contributed by atoms with Crippen molar-refractivity contribution in [2.24, 2.45) is 0 Å². The number of para-hydroxylation sites is 1. The molecule has 30 heavy (non-hydrogen) atoms. The maximum Gasteiger partial charge on any atom is 0.347 e. The number of carbonyl (C=O) groups is 1. The Labute approximate surface area is 174 Å². The Morgan fingerprint density at radius 2 is 1.90 bits per heavy atom. The Morgan fingerprint density at radius 3 is 2.63 bits per heavy atom. The van der Waals surface area contributed by atoms with E-state index in [1.165, 1.54) is 7.11 Å². The SMILES string of the molecule is CC.COC(=O)C1Cc2cc(Nc3ncc(F)c(Nc4ccccc4)n3)ccc2O1. The van der Waals surface area contributed by atoms with Crippen LogP contribution in [0.2, 0.25) is 0 Å². The highest BCUT2D eigenvalue weighted by Gasteiger charge is 2.30. The summed E-state index contributed by atoms with van der Waals surface area (Å²) in [4.78, 5) is 19.8. The number of fused-ring (bicyclic) bond motifs is 1. The van der Waals surface area contributed by atoms with Gasteiger partial charge in [0, 0.05) is 23.4 Å². The number of ether oxygens (including phenoxy) is 2. The van der Waals surface area contributed by atoms with Crippen LogP contribution in [0.3, 0.4) is 0 Å². The summed E-state index contributed by atoms with van der Waals surface area (Å²) in [6, 6.07) is 14.6. The van der Waals surface area contributed by atoms with Crippen LogP contribution in [0.4, 0.5) is 27.5 Å². The molecule has 1 aliphatic heterocycles. The van der Waals surface area contributed by atoms with Gasteiger partial charge in [-0.05, 0) is 30.3 Å². The number of benzene rings is 2. The summed E-state index contributed by atoms with van der Waals surface area (Å²) in [6.45, 7) is 4.00. The molecule has 0 saturated heterocycles. The first kappa shape index (κ1) is 21.0. The molecule has 1 unspecified atom stereocenters. The zero-order chi connectivity index (χ0) is 21.5. The lowest BCUT2D eigenvalue weighted by Crippen LogP contribution is -2.26. The van der Waals surface area contributed by atoms with Gasteiger partial charge >= 0.3 is 5.97 Å². The normalized spacial score (nSPS) is 13.9. The summed E-state index contributed by atoms with van der Waals surface area (Å²) in [5, 5.41) is 5.97. The third-order valence-electron chi connectivity index (χ3n) is 4.24. The zero-order valence-corrected chi connectivity index (χ0v) is 17.0. The number of rotatable bonds is 5. The topological polar surface area (TPSA) is 85.4 Å². The van der Waals surface area contributed by atoms with Gasteiger partial charge in [0.1, 0.15) is 5.75 Å². The number of nitrogens with one attached hydrogen (secondary N) is 2. The minimum atomic E-state index is -0.640. The summed E-state index contributed by atoms with van der Waals surface area (Å²) in [5.74, 6) is -0.0311. The first-order chi connectivity index (χ1) is 14.6. The average Bonchev–Trinajstić information content (AvgIpc) is 3.21. The van der Waals surface area contributed by atoms with Gasteiger partial charge in [0.05, 0.1) is 13.3 Å². The van der Waals surface area contributed by atoms with Gasteiger partial charge < -0.3 is 20.1 Å². The van der Waals surface area contributed by atoms with Crippen LogP contribution in [-0.2, 0) is 16.0 Å². The smallest absolute Gasteiger partial charge is 0.347 e. The van der Waals surface area contributed by atoms with E-state index in [-0.39, 0.29) is 11.8 Å². The van der Waals surface area contributed by atoms with Crippen molar-refractivity contribution in [3.63, 3.8) is 0 Å². The lowest BCUT2D eigenvalue weighted by molar-refractivity contribution is -0.147. The minimum Gasteiger partial charge on any atom is -0.478 e. The molecule has 0 fully saturated rings. The van der Waals surface area contributed by atoms with Crippen LogP contribution in [-0.4, -0.2) is 29.2 Å². The fourth-order valence-corrected chi connectivity index (χ4v) is 2.89. The summed E-state index contributed by atoms with van der Waals surface area (Å²) in [6.07, 6.45) is 0.881. The maximum atomic E-state index is 14.1. The average molecular weight is 410 g/mol. The van der Waals surface area contributed by atoms with Crippen molar-refractivity contribution in [3.8, 4) is 5.75 Å². The summed E-state index contributed by atoms with van der Waals surface area (Å²) in [7, 11) is 1.33.